The predicted octanol–water partition coefficient (Wildman–Crippen LogP) is 4.87. The number of phenols is 1. The molecule has 3 aromatic carbocycles. The van der Waals surface area contributed by atoms with E-state index in [1.165, 1.54) is 0 Å². The molecule has 1 heterocycles. The summed E-state index contributed by atoms with van der Waals surface area (Å²) in [5.41, 5.74) is 3.42. The van der Waals surface area contributed by atoms with Crippen molar-refractivity contribution in [1.29, 1.82) is 0 Å². The maximum atomic E-state index is 12.8. The minimum absolute atomic E-state index is 0.0597. The Hall–Kier alpha value is -2.81. The van der Waals surface area contributed by atoms with Crippen LogP contribution in [0.25, 0.3) is 10.8 Å². The number of ketones is 1. The summed E-state index contributed by atoms with van der Waals surface area (Å²) in [7, 11) is 0. The van der Waals surface area contributed by atoms with Crippen molar-refractivity contribution in [2.24, 2.45) is 0 Å². The Balaban J connectivity index is 1.96. The number of carbonyl (C=O) groups excluding carboxylic acids is 1. The second kappa shape index (κ2) is 5.38. The van der Waals surface area contributed by atoms with Crippen LogP contribution in [0.2, 0.25) is 0 Å². The number of phenolic OH excluding ortho intramolecular Hbond substituents is 1. The lowest BCUT2D eigenvalue weighted by Gasteiger charge is -2.28. The van der Waals surface area contributed by atoms with Crippen molar-refractivity contribution in [2.45, 2.75) is 26.4 Å². The zero-order chi connectivity index (χ0) is 16.8. The molecule has 0 amide bonds. The zero-order valence-electron chi connectivity index (χ0n) is 13.7. The molecule has 0 aromatic heterocycles. The van der Waals surface area contributed by atoms with E-state index in [0.29, 0.717) is 23.1 Å². The number of aryl methyl sites for hydroxylation is 2. The molecule has 0 bridgehead atoms. The Morgan fingerprint density at radius 1 is 1.08 bits per heavy atom. The van der Waals surface area contributed by atoms with E-state index in [2.05, 4.69) is 0 Å². The summed E-state index contributed by atoms with van der Waals surface area (Å²) in [5, 5.41) is 12.0. The molecule has 3 nitrogen and oxygen atoms in total. The van der Waals surface area contributed by atoms with Crippen LogP contribution in [0.15, 0.2) is 48.5 Å². The highest BCUT2D eigenvalue weighted by atomic mass is 16.5. The summed E-state index contributed by atoms with van der Waals surface area (Å²) in [4.78, 5) is 12.8. The number of carbonyl (C=O) groups is 1. The van der Waals surface area contributed by atoms with Crippen molar-refractivity contribution in [3.05, 3.63) is 70.8 Å². The van der Waals surface area contributed by atoms with E-state index in [1.807, 2.05) is 56.3 Å². The molecule has 1 atom stereocenters. The van der Waals surface area contributed by atoms with Gasteiger partial charge in [0, 0.05) is 0 Å². The van der Waals surface area contributed by atoms with Gasteiger partial charge in [0.05, 0.1) is 17.4 Å². The third kappa shape index (κ3) is 2.24. The summed E-state index contributed by atoms with van der Waals surface area (Å²) in [6, 6.07) is 15.4. The average molecular weight is 318 g/mol. The molecule has 0 aliphatic carbocycles. The molecule has 0 fully saturated rings. The zero-order valence-corrected chi connectivity index (χ0v) is 13.7. The van der Waals surface area contributed by atoms with Gasteiger partial charge >= 0.3 is 0 Å². The Morgan fingerprint density at radius 2 is 1.83 bits per heavy atom. The first-order valence-corrected chi connectivity index (χ1v) is 8.06. The van der Waals surface area contributed by atoms with Gasteiger partial charge < -0.3 is 9.84 Å². The maximum absolute atomic E-state index is 12.8. The van der Waals surface area contributed by atoms with Crippen molar-refractivity contribution in [3.8, 4) is 11.5 Å². The third-order valence-corrected chi connectivity index (χ3v) is 4.59. The number of hydrogen-bond donors (Lipinski definition) is 1. The highest BCUT2D eigenvalue weighted by Crippen LogP contribution is 2.44. The fourth-order valence-corrected chi connectivity index (χ4v) is 3.54. The molecule has 3 heteroatoms. The summed E-state index contributed by atoms with van der Waals surface area (Å²) in [6.07, 6.45) is -0.00685. The first kappa shape index (κ1) is 14.8. The summed E-state index contributed by atoms with van der Waals surface area (Å²) in [5.74, 6) is 0.722. The topological polar surface area (TPSA) is 46.5 Å². The number of Topliss-reactive ketones (excluding diaryl/α,β-unsaturated/α-hetero) is 1. The van der Waals surface area contributed by atoms with Crippen LogP contribution in [0.1, 0.15) is 39.6 Å². The molecule has 4 rings (SSSR count). The smallest absolute Gasteiger partial charge is 0.170 e. The molecular formula is C21H18O3. The van der Waals surface area contributed by atoms with Crippen molar-refractivity contribution < 1.29 is 14.6 Å². The van der Waals surface area contributed by atoms with E-state index in [0.717, 1.165) is 22.1 Å². The van der Waals surface area contributed by atoms with Gasteiger partial charge in [-0.3, -0.25) is 4.79 Å². The minimum atomic E-state index is -0.322. The van der Waals surface area contributed by atoms with Crippen LogP contribution in [0, 0.1) is 13.8 Å². The molecular weight excluding hydrogens is 300 g/mol. The minimum Gasteiger partial charge on any atom is -0.507 e. The van der Waals surface area contributed by atoms with E-state index >= 15 is 0 Å². The van der Waals surface area contributed by atoms with E-state index in [9.17, 15) is 9.90 Å². The SMILES string of the molecule is Cc1cc(O)c2c3c(c(C)cc2c1)C(=O)CC(c1ccccc1)O3. The van der Waals surface area contributed by atoms with Gasteiger partial charge in [0.1, 0.15) is 17.6 Å². The summed E-state index contributed by atoms with van der Waals surface area (Å²) in [6.45, 7) is 3.86. The van der Waals surface area contributed by atoms with Crippen molar-refractivity contribution in [1.82, 2.24) is 0 Å². The van der Waals surface area contributed by atoms with Gasteiger partial charge in [-0.2, -0.15) is 0 Å². The van der Waals surface area contributed by atoms with Gasteiger partial charge in [0.25, 0.3) is 0 Å². The van der Waals surface area contributed by atoms with Crippen LogP contribution in [0.3, 0.4) is 0 Å². The first-order chi connectivity index (χ1) is 11.5. The molecule has 0 spiro atoms. The number of benzene rings is 3. The Morgan fingerprint density at radius 3 is 2.58 bits per heavy atom. The van der Waals surface area contributed by atoms with Gasteiger partial charge in [0.15, 0.2) is 5.78 Å². The third-order valence-electron chi connectivity index (χ3n) is 4.59. The van der Waals surface area contributed by atoms with Crippen LogP contribution in [0.4, 0.5) is 0 Å². The lowest BCUT2D eigenvalue weighted by molar-refractivity contribution is 0.0852. The largest absolute Gasteiger partial charge is 0.507 e. The second-order valence-electron chi connectivity index (χ2n) is 6.42. The number of ether oxygens (including phenoxy) is 1. The second-order valence-corrected chi connectivity index (χ2v) is 6.42. The maximum Gasteiger partial charge on any atom is 0.170 e. The van der Waals surface area contributed by atoms with Gasteiger partial charge in [-0.15, -0.1) is 0 Å². The molecule has 1 unspecified atom stereocenters. The summed E-state index contributed by atoms with van der Waals surface area (Å²) < 4.78 is 6.22. The van der Waals surface area contributed by atoms with Gasteiger partial charge in [-0.25, -0.2) is 0 Å². The highest BCUT2D eigenvalue weighted by Gasteiger charge is 2.31. The molecule has 0 saturated heterocycles. The molecule has 1 N–H and O–H groups in total. The normalized spacial score (nSPS) is 16.8. The number of aromatic hydroxyl groups is 1. The van der Waals surface area contributed by atoms with Crippen LogP contribution < -0.4 is 4.74 Å². The van der Waals surface area contributed by atoms with E-state index in [1.54, 1.807) is 6.07 Å². The standard InChI is InChI=1S/C21H18O3/c1-12-8-15-10-13(2)19-17(23)11-18(14-6-4-3-5-7-14)24-21(19)20(15)16(22)9-12/h3-10,18,22H,11H2,1-2H3. The van der Waals surface area contributed by atoms with Crippen molar-refractivity contribution >= 4 is 16.6 Å². The predicted molar refractivity (Wildman–Crippen MR) is 93.8 cm³/mol. The Bertz CT molecular complexity index is 958. The van der Waals surface area contributed by atoms with Gasteiger partial charge in [0.2, 0.25) is 0 Å². The van der Waals surface area contributed by atoms with Crippen LogP contribution in [-0.2, 0) is 0 Å². The summed E-state index contributed by atoms with van der Waals surface area (Å²) >= 11 is 0. The fraction of sp³-hybridized carbons (Fsp3) is 0.190. The van der Waals surface area contributed by atoms with E-state index in [4.69, 9.17) is 4.74 Å². The molecule has 120 valence electrons. The molecule has 0 saturated carbocycles. The molecule has 1 aliphatic heterocycles. The van der Waals surface area contributed by atoms with Gasteiger partial charge in [-0.05, 0) is 42.0 Å². The fourth-order valence-electron chi connectivity index (χ4n) is 3.54. The van der Waals surface area contributed by atoms with Crippen LogP contribution in [-0.4, -0.2) is 10.9 Å². The Labute approximate surface area is 140 Å². The van der Waals surface area contributed by atoms with E-state index in [-0.39, 0.29) is 17.6 Å². The number of fused-ring (bicyclic) bond motifs is 3. The molecule has 24 heavy (non-hydrogen) atoms. The average Bonchev–Trinajstić information content (AvgIpc) is 2.54. The molecule has 0 radical (unpaired) electrons. The Kier molecular flexibility index (Phi) is 3.31. The number of hydrogen-bond acceptors (Lipinski definition) is 3. The van der Waals surface area contributed by atoms with Crippen LogP contribution >= 0.6 is 0 Å². The highest BCUT2D eigenvalue weighted by molar-refractivity contribution is 6.09. The number of rotatable bonds is 1. The van der Waals surface area contributed by atoms with E-state index < -0.39 is 0 Å². The van der Waals surface area contributed by atoms with Crippen LogP contribution in [0.5, 0.6) is 11.5 Å². The molecule has 3 aromatic rings. The monoisotopic (exact) mass is 318 g/mol. The molecule has 1 aliphatic rings. The van der Waals surface area contributed by atoms with Crippen molar-refractivity contribution in [3.63, 3.8) is 0 Å². The van der Waals surface area contributed by atoms with Gasteiger partial charge in [-0.1, -0.05) is 42.5 Å². The quantitative estimate of drug-likeness (QED) is 0.696. The first-order valence-electron chi connectivity index (χ1n) is 8.06. The lowest BCUT2D eigenvalue weighted by atomic mass is 9.90. The van der Waals surface area contributed by atoms with Crippen molar-refractivity contribution in [2.75, 3.05) is 0 Å². The lowest BCUT2D eigenvalue weighted by Crippen LogP contribution is -2.21.